The van der Waals surface area contributed by atoms with Gasteiger partial charge in [0.05, 0.1) is 15.3 Å². The normalized spacial score (nSPS) is 15.2. The third-order valence-electron chi connectivity index (χ3n) is 6.90. The van der Waals surface area contributed by atoms with Crippen molar-refractivity contribution in [2.75, 3.05) is 32.0 Å². The largest absolute Gasteiger partial charge is 0.350 e. The number of piperidine rings is 1. The van der Waals surface area contributed by atoms with Crippen LogP contribution in [0.15, 0.2) is 70.2 Å². The molecule has 0 radical (unpaired) electrons. The molecule has 4 aromatic rings. The lowest BCUT2D eigenvalue weighted by Gasteiger charge is -2.41. The maximum absolute atomic E-state index is 15.5. The molecule has 1 aliphatic rings. The molecule has 3 aromatic heterocycles. The molecule has 0 spiro atoms. The molecule has 202 valence electrons. The van der Waals surface area contributed by atoms with Crippen molar-refractivity contribution in [3.05, 3.63) is 89.5 Å². The maximum Gasteiger partial charge on any atom is 0.273 e. The zero-order valence-corrected chi connectivity index (χ0v) is 23.2. The Morgan fingerprint density at radius 3 is 2.56 bits per heavy atom. The van der Waals surface area contributed by atoms with E-state index in [-0.39, 0.29) is 21.8 Å². The number of halogens is 2. The average Bonchev–Trinajstić information content (AvgIpc) is 3.36. The number of nitrogens with one attached hydrogen (secondary N) is 2. The summed E-state index contributed by atoms with van der Waals surface area (Å²) in [7, 11) is 2.05. The van der Waals surface area contributed by atoms with Gasteiger partial charge in [-0.05, 0) is 81.4 Å². The third-order valence-corrected chi connectivity index (χ3v) is 8.95. The number of aromatic nitrogens is 3. The first-order valence-electron chi connectivity index (χ1n) is 12.5. The summed E-state index contributed by atoms with van der Waals surface area (Å²) < 4.78 is 29.8. The van der Waals surface area contributed by atoms with Crippen LogP contribution in [0.1, 0.15) is 34.5 Å². The predicted molar refractivity (Wildman–Crippen MR) is 150 cm³/mol. The molecular formula is C28H28F2N6OS2. The Morgan fingerprint density at radius 1 is 1.08 bits per heavy atom. The Hall–Kier alpha value is -3.41. The molecule has 1 aromatic carbocycles. The van der Waals surface area contributed by atoms with Crippen LogP contribution in [0.5, 0.6) is 0 Å². The van der Waals surface area contributed by atoms with E-state index in [1.165, 1.54) is 41.4 Å². The van der Waals surface area contributed by atoms with Crippen LogP contribution in [0, 0.1) is 18.6 Å². The second kappa shape index (κ2) is 11.8. The van der Waals surface area contributed by atoms with Gasteiger partial charge in [0.2, 0.25) is 0 Å². The minimum absolute atomic E-state index is 0.256. The number of likely N-dealkylation sites (tertiary alicyclic amines) is 1. The summed E-state index contributed by atoms with van der Waals surface area (Å²) in [5.41, 5.74) is 1.42. The summed E-state index contributed by atoms with van der Waals surface area (Å²) in [6.07, 6.45) is 6.39. The van der Waals surface area contributed by atoms with Crippen LogP contribution >= 0.6 is 23.1 Å². The molecule has 1 fully saturated rings. The number of pyridine rings is 2. The number of thiazole rings is 1. The Kier molecular flexibility index (Phi) is 8.20. The van der Waals surface area contributed by atoms with Crippen LogP contribution in [0.2, 0.25) is 0 Å². The van der Waals surface area contributed by atoms with Crippen molar-refractivity contribution in [3.63, 3.8) is 0 Å². The van der Waals surface area contributed by atoms with Gasteiger partial charge in [0, 0.05) is 24.4 Å². The first-order chi connectivity index (χ1) is 18.8. The summed E-state index contributed by atoms with van der Waals surface area (Å²) in [6, 6.07) is 11.8. The zero-order valence-electron chi connectivity index (χ0n) is 21.6. The highest BCUT2D eigenvalue weighted by Gasteiger charge is 2.36. The van der Waals surface area contributed by atoms with Gasteiger partial charge < -0.3 is 15.5 Å². The van der Waals surface area contributed by atoms with Crippen molar-refractivity contribution >= 4 is 40.0 Å². The van der Waals surface area contributed by atoms with E-state index in [4.69, 9.17) is 0 Å². The van der Waals surface area contributed by atoms with E-state index in [0.29, 0.717) is 17.5 Å². The Bertz CT molecular complexity index is 1450. The summed E-state index contributed by atoms with van der Waals surface area (Å²) in [4.78, 5) is 28.3. The third kappa shape index (κ3) is 6.43. The van der Waals surface area contributed by atoms with E-state index < -0.39 is 11.7 Å². The first kappa shape index (κ1) is 27.2. The number of carbonyl (C=O) groups excluding carboxylic acids is 1. The van der Waals surface area contributed by atoms with Gasteiger partial charge in [-0.15, -0.1) is 0 Å². The number of aryl methyl sites for hydroxylation is 1. The highest BCUT2D eigenvalue weighted by atomic mass is 32.2. The van der Waals surface area contributed by atoms with Crippen LogP contribution in [0.25, 0.3) is 0 Å². The molecule has 0 saturated carbocycles. The number of nitrogens with zero attached hydrogens (tertiary/aromatic N) is 4. The SMILES string of the molecule is Cc1ccnc(Nc2ncc(Sc3ccnc(C(=O)NCC4(c5ccc(F)cc5)CCN(C)CC4)c3F)s2)c1. The molecule has 0 bridgehead atoms. The Balaban J connectivity index is 1.28. The van der Waals surface area contributed by atoms with Gasteiger partial charge in [0.15, 0.2) is 16.6 Å². The van der Waals surface area contributed by atoms with Crippen LogP contribution in [-0.4, -0.2) is 52.4 Å². The molecular weight excluding hydrogens is 538 g/mol. The summed E-state index contributed by atoms with van der Waals surface area (Å²) in [5.74, 6) is -0.880. The molecule has 39 heavy (non-hydrogen) atoms. The number of benzene rings is 1. The quantitative estimate of drug-likeness (QED) is 0.279. The van der Waals surface area contributed by atoms with E-state index in [1.807, 2.05) is 19.1 Å². The van der Waals surface area contributed by atoms with E-state index >= 15 is 4.39 Å². The molecule has 2 N–H and O–H groups in total. The van der Waals surface area contributed by atoms with E-state index in [1.54, 1.807) is 30.6 Å². The second-order valence-corrected chi connectivity index (χ2v) is 12.0. The summed E-state index contributed by atoms with van der Waals surface area (Å²) >= 11 is 2.54. The minimum atomic E-state index is -0.678. The molecule has 4 heterocycles. The molecule has 0 atom stereocenters. The fourth-order valence-electron chi connectivity index (χ4n) is 4.60. The predicted octanol–water partition coefficient (Wildman–Crippen LogP) is 5.81. The molecule has 0 unspecified atom stereocenters. The van der Waals surface area contributed by atoms with Crippen molar-refractivity contribution in [3.8, 4) is 0 Å². The molecule has 7 nitrogen and oxygen atoms in total. The zero-order chi connectivity index (χ0) is 27.4. The number of hydrogen-bond acceptors (Lipinski definition) is 8. The van der Waals surface area contributed by atoms with Crippen LogP contribution in [0.3, 0.4) is 0 Å². The lowest BCUT2D eigenvalue weighted by atomic mass is 9.72. The van der Waals surface area contributed by atoms with Gasteiger partial charge in [-0.25, -0.2) is 23.7 Å². The lowest BCUT2D eigenvalue weighted by Crippen LogP contribution is -2.48. The molecule has 1 saturated heterocycles. The van der Waals surface area contributed by atoms with Crippen molar-refractivity contribution in [2.45, 2.75) is 34.3 Å². The number of carbonyl (C=O) groups is 1. The first-order valence-corrected chi connectivity index (χ1v) is 14.2. The molecule has 0 aliphatic carbocycles. The van der Waals surface area contributed by atoms with Crippen molar-refractivity contribution < 1.29 is 13.6 Å². The van der Waals surface area contributed by atoms with Gasteiger partial charge in [-0.1, -0.05) is 35.2 Å². The fourth-order valence-corrected chi connectivity index (χ4v) is 6.47. The van der Waals surface area contributed by atoms with E-state index in [9.17, 15) is 9.18 Å². The highest BCUT2D eigenvalue weighted by molar-refractivity contribution is 8.01. The summed E-state index contributed by atoms with van der Waals surface area (Å²) in [6.45, 7) is 3.97. The molecule has 11 heteroatoms. The van der Waals surface area contributed by atoms with Crippen LogP contribution in [0.4, 0.5) is 19.7 Å². The number of amides is 1. The average molecular weight is 567 g/mol. The Labute approximate surface area is 234 Å². The van der Waals surface area contributed by atoms with Gasteiger partial charge in [0.1, 0.15) is 11.6 Å². The minimum Gasteiger partial charge on any atom is -0.350 e. The monoisotopic (exact) mass is 566 g/mol. The van der Waals surface area contributed by atoms with Crippen LogP contribution in [-0.2, 0) is 5.41 Å². The molecule has 5 rings (SSSR count). The Morgan fingerprint density at radius 2 is 1.82 bits per heavy atom. The smallest absolute Gasteiger partial charge is 0.273 e. The number of hydrogen-bond donors (Lipinski definition) is 2. The van der Waals surface area contributed by atoms with Crippen molar-refractivity contribution in [1.29, 1.82) is 0 Å². The van der Waals surface area contributed by atoms with Crippen LogP contribution < -0.4 is 10.6 Å². The van der Waals surface area contributed by atoms with Gasteiger partial charge in [-0.2, -0.15) is 0 Å². The standard InChI is InChI=1S/C28H28F2N6OS2/c1-18-7-11-31-22(15-18)35-27-33-16-23(39-27)38-21-8-12-32-25(24(21)30)26(37)34-17-28(9-13-36(2)14-10-28)19-3-5-20(29)6-4-19/h3-8,11-12,15-16H,9-10,13-14,17H2,1-2H3,(H,34,37)(H,31,33,35). The fraction of sp³-hybridized carbons (Fsp3) is 0.286. The topological polar surface area (TPSA) is 83.0 Å². The summed E-state index contributed by atoms with van der Waals surface area (Å²) in [5, 5.41) is 6.70. The van der Waals surface area contributed by atoms with Crippen molar-refractivity contribution in [1.82, 2.24) is 25.2 Å². The van der Waals surface area contributed by atoms with Gasteiger partial charge in [-0.3, -0.25) is 4.79 Å². The van der Waals surface area contributed by atoms with E-state index in [0.717, 1.165) is 41.3 Å². The highest BCUT2D eigenvalue weighted by Crippen LogP contribution is 2.37. The molecule has 1 aliphatic heterocycles. The lowest BCUT2D eigenvalue weighted by molar-refractivity contribution is 0.0917. The van der Waals surface area contributed by atoms with Gasteiger partial charge >= 0.3 is 0 Å². The van der Waals surface area contributed by atoms with Crippen molar-refractivity contribution in [2.24, 2.45) is 0 Å². The number of rotatable bonds is 8. The maximum atomic E-state index is 15.5. The van der Waals surface area contributed by atoms with E-state index in [2.05, 4.69) is 37.5 Å². The second-order valence-electron chi connectivity index (χ2n) is 9.67. The number of anilines is 2. The molecule has 1 amide bonds. The van der Waals surface area contributed by atoms with Gasteiger partial charge in [0.25, 0.3) is 5.91 Å².